The zero-order chi connectivity index (χ0) is 20.1. The van der Waals surface area contributed by atoms with Crippen molar-refractivity contribution in [3.05, 3.63) is 41.1 Å². The number of hydrogen-bond donors (Lipinski definition) is 1. The van der Waals surface area contributed by atoms with E-state index in [-0.39, 0.29) is 0 Å². The van der Waals surface area contributed by atoms with Gasteiger partial charge in [0.2, 0.25) is 0 Å². The van der Waals surface area contributed by atoms with Gasteiger partial charge in [-0.25, -0.2) is 0 Å². The van der Waals surface area contributed by atoms with Crippen LogP contribution in [0.25, 0.3) is 0 Å². The van der Waals surface area contributed by atoms with Gasteiger partial charge in [-0.05, 0) is 18.4 Å². The van der Waals surface area contributed by atoms with E-state index in [2.05, 4.69) is 31.2 Å². The highest BCUT2D eigenvalue weighted by Gasteiger charge is 2.00. The van der Waals surface area contributed by atoms with Crippen LogP contribution in [-0.2, 0) is 6.42 Å². The maximum absolute atomic E-state index is 12.0. The molecule has 1 unspecified atom stereocenters. The third kappa shape index (κ3) is 16.1. The van der Waals surface area contributed by atoms with Crippen molar-refractivity contribution in [2.75, 3.05) is 13.1 Å². The first kappa shape index (κ1) is 25.2. The van der Waals surface area contributed by atoms with Gasteiger partial charge in [0.1, 0.15) is 0 Å². The van der Waals surface area contributed by atoms with Gasteiger partial charge in [-0.15, -0.1) is 0 Å². The van der Waals surface area contributed by atoms with E-state index in [9.17, 15) is 5.21 Å². The summed E-state index contributed by atoms with van der Waals surface area (Å²) < 4.78 is 0. The van der Waals surface area contributed by atoms with E-state index in [1.54, 1.807) is 0 Å². The quantitative estimate of drug-likeness (QED) is 0.191. The van der Waals surface area contributed by atoms with Crippen LogP contribution in [0.1, 0.15) is 115 Å². The van der Waals surface area contributed by atoms with Gasteiger partial charge in [0.25, 0.3) is 0 Å². The first-order valence-electron chi connectivity index (χ1n) is 12.4. The van der Waals surface area contributed by atoms with E-state index in [1.807, 2.05) is 6.07 Å². The average Bonchev–Trinajstić information content (AvgIpc) is 2.72. The molecular weight excluding hydrogens is 342 g/mol. The van der Waals surface area contributed by atoms with Crippen molar-refractivity contribution in [2.24, 2.45) is 0 Å². The van der Waals surface area contributed by atoms with Crippen LogP contribution >= 0.6 is 0 Å². The molecule has 0 aliphatic heterocycles. The Labute approximate surface area is 175 Å². The van der Waals surface area contributed by atoms with Crippen LogP contribution in [0.2, 0.25) is 0 Å². The Bertz CT molecular complexity index is 420. The van der Waals surface area contributed by atoms with Crippen molar-refractivity contribution in [2.45, 2.75) is 116 Å². The van der Waals surface area contributed by atoms with Gasteiger partial charge in [-0.1, -0.05) is 127 Å². The summed E-state index contributed by atoms with van der Waals surface area (Å²) in [5.74, 6) is 0. The molecule has 2 heteroatoms. The number of hydroxylamine groups is 2. The van der Waals surface area contributed by atoms with E-state index in [0.29, 0.717) is 11.6 Å². The largest absolute Gasteiger partial charge is 0.634 e. The number of rotatable bonds is 20. The third-order valence-corrected chi connectivity index (χ3v) is 5.84. The number of benzene rings is 1. The van der Waals surface area contributed by atoms with Gasteiger partial charge >= 0.3 is 0 Å². The molecule has 1 atom stereocenters. The highest BCUT2D eigenvalue weighted by Crippen LogP contribution is 2.13. The van der Waals surface area contributed by atoms with Gasteiger partial charge in [-0.3, -0.25) is 0 Å². The molecule has 0 heterocycles. The molecule has 0 amide bonds. The van der Waals surface area contributed by atoms with Gasteiger partial charge < -0.3 is 10.3 Å². The molecule has 28 heavy (non-hydrogen) atoms. The lowest BCUT2D eigenvalue weighted by Gasteiger charge is -2.22. The predicted octanol–water partition coefficient (Wildman–Crippen LogP) is 6.87. The summed E-state index contributed by atoms with van der Waals surface area (Å²) >= 11 is 0. The van der Waals surface area contributed by atoms with E-state index in [1.165, 1.54) is 102 Å². The fourth-order valence-electron chi connectivity index (χ4n) is 3.92. The molecule has 0 saturated heterocycles. The van der Waals surface area contributed by atoms with E-state index in [0.717, 1.165) is 19.4 Å². The SMILES string of the molecule is CCCCCCCCCCCCCCCCCC[NH+]([O-])CCc1ccccc1. The second-order valence-electron chi connectivity index (χ2n) is 8.58. The van der Waals surface area contributed by atoms with Crippen molar-refractivity contribution >= 4 is 0 Å². The number of unbranched alkanes of at least 4 members (excludes halogenated alkanes) is 15. The summed E-state index contributed by atoms with van der Waals surface area (Å²) in [5.41, 5.74) is 1.28. The highest BCUT2D eigenvalue weighted by atomic mass is 16.5. The average molecular weight is 390 g/mol. The molecule has 0 saturated carbocycles. The first-order chi connectivity index (χ1) is 13.8. The topological polar surface area (TPSA) is 27.5 Å². The minimum absolute atomic E-state index is 0.439. The molecule has 1 aromatic carbocycles. The molecule has 0 fully saturated rings. The maximum Gasteiger partial charge on any atom is 0.0809 e. The summed E-state index contributed by atoms with van der Waals surface area (Å²) in [6.45, 7) is 3.78. The number of hydrogen-bond acceptors (Lipinski definition) is 1. The molecule has 0 aliphatic rings. The van der Waals surface area contributed by atoms with Crippen LogP contribution in [0.4, 0.5) is 0 Å². The van der Waals surface area contributed by atoms with Crippen LogP contribution in [0, 0.1) is 5.21 Å². The second kappa shape index (κ2) is 19.5. The normalized spacial score (nSPS) is 12.4. The van der Waals surface area contributed by atoms with Gasteiger partial charge in [0, 0.05) is 6.42 Å². The number of quaternary nitrogens is 1. The van der Waals surface area contributed by atoms with Gasteiger partial charge in [0.05, 0.1) is 13.1 Å². The van der Waals surface area contributed by atoms with E-state index < -0.39 is 0 Å². The minimum atomic E-state index is 0.439. The minimum Gasteiger partial charge on any atom is -0.634 e. The fourth-order valence-corrected chi connectivity index (χ4v) is 3.92. The van der Waals surface area contributed by atoms with Crippen LogP contribution in [0.15, 0.2) is 30.3 Å². The molecule has 1 aromatic rings. The molecule has 0 aliphatic carbocycles. The highest BCUT2D eigenvalue weighted by molar-refractivity contribution is 5.14. The summed E-state index contributed by atoms with van der Waals surface area (Å²) in [7, 11) is 0. The zero-order valence-electron chi connectivity index (χ0n) is 18.7. The third-order valence-electron chi connectivity index (χ3n) is 5.84. The molecule has 1 N–H and O–H groups in total. The van der Waals surface area contributed by atoms with Crippen molar-refractivity contribution in [1.29, 1.82) is 0 Å². The van der Waals surface area contributed by atoms with Crippen LogP contribution in [0.3, 0.4) is 0 Å². The lowest BCUT2D eigenvalue weighted by atomic mass is 10.0. The lowest BCUT2D eigenvalue weighted by Crippen LogP contribution is -3.07. The summed E-state index contributed by atoms with van der Waals surface area (Å²) in [6.07, 6.45) is 23.0. The fraction of sp³-hybridized carbons (Fsp3) is 0.769. The summed E-state index contributed by atoms with van der Waals surface area (Å²) in [4.78, 5) is 0. The standard InChI is InChI=1S/C26H47NO/c1-2-3-4-5-6-7-8-9-10-11-12-13-14-15-16-20-24-27(28)25-23-26-21-18-17-19-22-26/h17-19,21-22,27H,2-16,20,23-25H2,1H3. The Morgan fingerprint density at radius 2 is 1.00 bits per heavy atom. The van der Waals surface area contributed by atoms with E-state index in [4.69, 9.17) is 0 Å². The van der Waals surface area contributed by atoms with Crippen LogP contribution in [0.5, 0.6) is 0 Å². The molecule has 1 rings (SSSR count). The first-order valence-corrected chi connectivity index (χ1v) is 12.4. The molecule has 0 spiro atoms. The molecule has 2 nitrogen and oxygen atoms in total. The summed E-state index contributed by atoms with van der Waals surface area (Å²) in [5, 5.41) is 12.4. The maximum atomic E-state index is 12.0. The monoisotopic (exact) mass is 389 g/mol. The zero-order valence-corrected chi connectivity index (χ0v) is 18.7. The van der Waals surface area contributed by atoms with Crippen molar-refractivity contribution in [3.8, 4) is 0 Å². The molecule has 0 aromatic heterocycles. The molecular formula is C26H47NO. The smallest absolute Gasteiger partial charge is 0.0809 e. The van der Waals surface area contributed by atoms with Gasteiger partial charge in [0.15, 0.2) is 0 Å². The number of nitrogens with one attached hydrogen (secondary N) is 1. The molecule has 0 radical (unpaired) electrons. The Kier molecular flexibility index (Phi) is 17.5. The van der Waals surface area contributed by atoms with Crippen molar-refractivity contribution in [1.82, 2.24) is 0 Å². The Hall–Kier alpha value is -0.860. The lowest BCUT2D eigenvalue weighted by molar-refractivity contribution is -0.848. The van der Waals surface area contributed by atoms with Crippen molar-refractivity contribution < 1.29 is 5.06 Å². The Balaban J connectivity index is 1.75. The second-order valence-corrected chi connectivity index (χ2v) is 8.58. The van der Waals surface area contributed by atoms with Crippen LogP contribution in [-0.4, -0.2) is 13.1 Å². The van der Waals surface area contributed by atoms with E-state index >= 15 is 0 Å². The molecule has 162 valence electrons. The van der Waals surface area contributed by atoms with Crippen LogP contribution < -0.4 is 5.06 Å². The van der Waals surface area contributed by atoms with Gasteiger partial charge in [-0.2, -0.15) is 0 Å². The Morgan fingerprint density at radius 3 is 1.46 bits per heavy atom. The Morgan fingerprint density at radius 1 is 0.571 bits per heavy atom. The summed E-state index contributed by atoms with van der Waals surface area (Å²) in [6, 6.07) is 10.4. The predicted molar refractivity (Wildman–Crippen MR) is 124 cm³/mol. The molecule has 0 bridgehead atoms. The van der Waals surface area contributed by atoms with Crippen molar-refractivity contribution in [3.63, 3.8) is 0 Å².